The molecule has 0 aromatic heterocycles. The molecule has 1 amide bonds. The van der Waals surface area contributed by atoms with Crippen molar-refractivity contribution in [3.63, 3.8) is 0 Å². The maximum Gasteiger partial charge on any atom is 0.257 e. The summed E-state index contributed by atoms with van der Waals surface area (Å²) < 4.78 is 1.16. The van der Waals surface area contributed by atoms with E-state index >= 15 is 0 Å². The Morgan fingerprint density at radius 2 is 1.90 bits per heavy atom. The molecule has 0 aliphatic carbocycles. The minimum atomic E-state index is -0.209. The number of hydrogen-bond donors (Lipinski definition) is 2. The molecule has 5 heteroatoms. The van der Waals surface area contributed by atoms with Crippen molar-refractivity contribution >= 4 is 51.5 Å². The van der Waals surface area contributed by atoms with Crippen LogP contribution in [0.25, 0.3) is 0 Å². The van der Waals surface area contributed by atoms with Gasteiger partial charge < -0.3 is 5.32 Å². The molecule has 0 aliphatic heterocycles. The lowest BCUT2D eigenvalue weighted by Crippen LogP contribution is -2.34. The van der Waals surface area contributed by atoms with Crippen LogP contribution in [0.1, 0.15) is 21.5 Å². The quantitative estimate of drug-likeness (QED) is 0.580. The van der Waals surface area contributed by atoms with Crippen molar-refractivity contribution in [3.05, 3.63) is 62.7 Å². The van der Waals surface area contributed by atoms with E-state index in [9.17, 15) is 4.79 Å². The summed E-state index contributed by atoms with van der Waals surface area (Å²) in [7, 11) is 0. The second-order valence-corrected chi connectivity index (χ2v) is 6.39. The number of anilines is 1. The van der Waals surface area contributed by atoms with Crippen molar-refractivity contribution in [1.29, 1.82) is 0 Å². The molecule has 0 fully saturated rings. The van der Waals surface area contributed by atoms with Gasteiger partial charge in [-0.05, 0) is 84.6 Å². The molecule has 2 aromatic rings. The van der Waals surface area contributed by atoms with Crippen LogP contribution in [-0.4, -0.2) is 11.0 Å². The Balaban J connectivity index is 2.03. The summed E-state index contributed by atoms with van der Waals surface area (Å²) in [6, 6.07) is 13.4. The van der Waals surface area contributed by atoms with Crippen molar-refractivity contribution in [2.75, 3.05) is 5.32 Å². The Kier molecular flexibility index (Phi) is 5.30. The van der Waals surface area contributed by atoms with Crippen molar-refractivity contribution in [2.45, 2.75) is 13.8 Å². The summed E-state index contributed by atoms with van der Waals surface area (Å²) in [5, 5.41) is 6.04. The fourth-order valence-electron chi connectivity index (χ4n) is 1.88. The van der Waals surface area contributed by atoms with Crippen LogP contribution in [0.2, 0.25) is 0 Å². The molecule has 0 unspecified atom stereocenters. The van der Waals surface area contributed by atoms with Crippen molar-refractivity contribution in [1.82, 2.24) is 5.32 Å². The second-order valence-electron chi connectivity index (χ2n) is 4.74. The highest BCUT2D eigenvalue weighted by Crippen LogP contribution is 2.17. The lowest BCUT2D eigenvalue weighted by Gasteiger charge is -2.12. The Hall–Kier alpha value is -1.47. The lowest BCUT2D eigenvalue weighted by atomic mass is 10.1. The Bertz CT molecular complexity index is 700. The van der Waals surface area contributed by atoms with Gasteiger partial charge in [0.2, 0.25) is 0 Å². The van der Waals surface area contributed by atoms with Crippen LogP contribution >= 0.6 is 34.8 Å². The molecule has 21 heavy (non-hydrogen) atoms. The number of amides is 1. The highest BCUT2D eigenvalue weighted by molar-refractivity contribution is 14.1. The van der Waals surface area contributed by atoms with Crippen LogP contribution in [0.4, 0.5) is 5.69 Å². The Labute approximate surface area is 143 Å². The summed E-state index contributed by atoms with van der Waals surface area (Å²) >= 11 is 7.45. The molecule has 2 aromatic carbocycles. The lowest BCUT2D eigenvalue weighted by molar-refractivity contribution is 0.0977. The minimum absolute atomic E-state index is 0.209. The maximum absolute atomic E-state index is 12.1. The van der Waals surface area contributed by atoms with Crippen molar-refractivity contribution in [3.8, 4) is 0 Å². The van der Waals surface area contributed by atoms with Gasteiger partial charge in [-0.15, -0.1) is 0 Å². The Morgan fingerprint density at radius 3 is 2.57 bits per heavy atom. The van der Waals surface area contributed by atoms with E-state index in [1.807, 2.05) is 50.2 Å². The fourth-order valence-corrected chi connectivity index (χ4v) is 2.73. The van der Waals surface area contributed by atoms with E-state index in [2.05, 4.69) is 33.2 Å². The van der Waals surface area contributed by atoms with Crippen molar-refractivity contribution in [2.24, 2.45) is 0 Å². The normalized spacial score (nSPS) is 10.0. The molecule has 3 nitrogen and oxygen atoms in total. The first-order valence-corrected chi connectivity index (χ1v) is 7.89. The molecular weight excluding hydrogens is 395 g/mol. The van der Waals surface area contributed by atoms with Crippen LogP contribution in [0.15, 0.2) is 42.5 Å². The number of thiocarbonyl (C=S) groups is 1. The average Bonchev–Trinajstić information content (AvgIpc) is 2.42. The molecule has 0 heterocycles. The Morgan fingerprint density at radius 1 is 1.14 bits per heavy atom. The summed E-state index contributed by atoms with van der Waals surface area (Å²) in [6.45, 7) is 3.94. The van der Waals surface area contributed by atoms with E-state index in [1.165, 1.54) is 0 Å². The molecule has 0 saturated carbocycles. The molecule has 2 rings (SSSR count). The van der Waals surface area contributed by atoms with Crippen LogP contribution in [-0.2, 0) is 0 Å². The van der Waals surface area contributed by atoms with Gasteiger partial charge in [0.15, 0.2) is 5.11 Å². The molecule has 0 radical (unpaired) electrons. The van der Waals surface area contributed by atoms with Gasteiger partial charge in [-0.25, -0.2) is 0 Å². The van der Waals surface area contributed by atoms with Crippen molar-refractivity contribution < 1.29 is 4.79 Å². The first kappa shape index (κ1) is 15.9. The van der Waals surface area contributed by atoms with Gasteiger partial charge in [0.25, 0.3) is 5.91 Å². The van der Waals surface area contributed by atoms with Crippen LogP contribution < -0.4 is 10.6 Å². The molecule has 0 bridgehead atoms. The first-order chi connectivity index (χ1) is 9.95. The fraction of sp³-hybridized carbons (Fsp3) is 0.125. The number of hydrogen-bond acceptors (Lipinski definition) is 2. The minimum Gasteiger partial charge on any atom is -0.332 e. The van der Waals surface area contributed by atoms with E-state index in [0.29, 0.717) is 10.7 Å². The zero-order valence-electron chi connectivity index (χ0n) is 11.7. The number of benzene rings is 2. The zero-order valence-corrected chi connectivity index (χ0v) is 14.7. The van der Waals surface area contributed by atoms with E-state index in [1.54, 1.807) is 6.07 Å². The summed E-state index contributed by atoms with van der Waals surface area (Å²) in [5.41, 5.74) is 3.60. The molecule has 0 spiro atoms. The predicted molar refractivity (Wildman–Crippen MR) is 98.8 cm³/mol. The number of rotatable bonds is 2. The average molecular weight is 410 g/mol. The monoisotopic (exact) mass is 410 g/mol. The number of carbonyl (C=O) groups is 1. The molecule has 2 N–H and O–H groups in total. The van der Waals surface area contributed by atoms with Gasteiger partial charge in [-0.3, -0.25) is 10.1 Å². The summed E-state index contributed by atoms with van der Waals surface area (Å²) in [5.74, 6) is -0.209. The smallest absolute Gasteiger partial charge is 0.257 e. The standard InChI is InChI=1S/C16H15IN2OS/c1-10-4-3-5-12(8-10)15(20)19-16(21)18-14-7-6-13(17)9-11(14)2/h3-9H,1-2H3,(H2,18,19,20,21). The number of carbonyl (C=O) groups excluding carboxylic acids is 1. The van der Waals surface area contributed by atoms with Gasteiger partial charge in [0.05, 0.1) is 0 Å². The van der Waals surface area contributed by atoms with E-state index in [4.69, 9.17) is 12.2 Å². The van der Waals surface area contributed by atoms with Gasteiger partial charge in [0.1, 0.15) is 0 Å². The number of nitrogens with one attached hydrogen (secondary N) is 2. The first-order valence-electron chi connectivity index (χ1n) is 6.41. The van der Waals surface area contributed by atoms with Gasteiger partial charge in [-0.2, -0.15) is 0 Å². The molecule has 0 atom stereocenters. The maximum atomic E-state index is 12.1. The highest BCUT2D eigenvalue weighted by Gasteiger charge is 2.08. The second kappa shape index (κ2) is 7.00. The van der Waals surface area contributed by atoms with Gasteiger partial charge in [-0.1, -0.05) is 17.7 Å². The van der Waals surface area contributed by atoms with Crippen LogP contribution in [0, 0.1) is 17.4 Å². The topological polar surface area (TPSA) is 41.1 Å². The number of aryl methyl sites for hydroxylation is 2. The van der Waals surface area contributed by atoms with Crippen LogP contribution in [0.3, 0.4) is 0 Å². The largest absolute Gasteiger partial charge is 0.332 e. The third-order valence-corrected chi connectivity index (χ3v) is 3.82. The zero-order chi connectivity index (χ0) is 15.4. The third-order valence-electron chi connectivity index (χ3n) is 2.94. The number of halogens is 1. The summed E-state index contributed by atoms with van der Waals surface area (Å²) in [4.78, 5) is 12.1. The third kappa shape index (κ3) is 4.50. The predicted octanol–water partition coefficient (Wildman–Crippen LogP) is 4.03. The molecule has 108 valence electrons. The van der Waals surface area contributed by atoms with E-state index in [-0.39, 0.29) is 5.91 Å². The van der Waals surface area contributed by atoms with Crippen LogP contribution in [0.5, 0.6) is 0 Å². The van der Waals surface area contributed by atoms with E-state index in [0.717, 1.165) is 20.4 Å². The summed E-state index contributed by atoms with van der Waals surface area (Å²) in [6.07, 6.45) is 0. The van der Waals surface area contributed by atoms with E-state index < -0.39 is 0 Å². The van der Waals surface area contributed by atoms with Gasteiger partial charge >= 0.3 is 0 Å². The highest BCUT2D eigenvalue weighted by atomic mass is 127. The SMILES string of the molecule is Cc1cccc(C(=O)NC(=S)Nc2ccc(I)cc2C)c1. The molecular formula is C16H15IN2OS. The molecule has 0 aliphatic rings. The molecule has 0 saturated heterocycles. The van der Waals surface area contributed by atoms with Gasteiger partial charge in [0, 0.05) is 14.8 Å².